The number of hydrogen-bond donors (Lipinski definition) is 1. The number of epoxide rings is 1. The molecule has 0 radical (unpaired) electrons. The summed E-state index contributed by atoms with van der Waals surface area (Å²) in [5.41, 5.74) is 0.633. The highest BCUT2D eigenvalue weighted by atomic mass is 16.6. The molecule has 2 fully saturated rings. The van der Waals surface area contributed by atoms with Gasteiger partial charge in [0.1, 0.15) is 11.7 Å². The first kappa shape index (κ1) is 19.4. The van der Waals surface area contributed by atoms with E-state index < -0.39 is 5.60 Å². The highest BCUT2D eigenvalue weighted by Crippen LogP contribution is 2.55. The SMILES string of the molecule is C=C[C@@]1(C)CCC([C@]2(C)OC2/C=C/C(C)(CO)OC)CC1C(=C)C. The van der Waals surface area contributed by atoms with Gasteiger partial charge in [-0.1, -0.05) is 37.3 Å². The smallest absolute Gasteiger partial charge is 0.106 e. The molecule has 0 aromatic heterocycles. The highest BCUT2D eigenvalue weighted by Gasteiger charge is 2.58. The van der Waals surface area contributed by atoms with Gasteiger partial charge < -0.3 is 14.6 Å². The van der Waals surface area contributed by atoms with Gasteiger partial charge in [-0.05, 0) is 57.3 Å². The molecule has 0 aromatic carbocycles. The number of rotatable bonds is 7. The maximum atomic E-state index is 9.44. The van der Waals surface area contributed by atoms with E-state index in [1.165, 1.54) is 5.57 Å². The third-order valence-electron chi connectivity index (χ3n) is 6.51. The van der Waals surface area contributed by atoms with Gasteiger partial charge in [-0.25, -0.2) is 0 Å². The normalized spacial score (nSPS) is 41.8. The Morgan fingerprint density at radius 1 is 1.46 bits per heavy atom. The van der Waals surface area contributed by atoms with Crippen LogP contribution in [0, 0.1) is 17.3 Å². The van der Waals surface area contributed by atoms with Crippen molar-refractivity contribution in [2.24, 2.45) is 17.3 Å². The Balaban J connectivity index is 2.07. The molecule has 1 aliphatic carbocycles. The molecule has 136 valence electrons. The van der Waals surface area contributed by atoms with Crippen molar-refractivity contribution in [2.75, 3.05) is 13.7 Å². The molecular formula is C21H34O3. The lowest BCUT2D eigenvalue weighted by molar-refractivity contribution is 0.000180. The van der Waals surface area contributed by atoms with Crippen LogP contribution >= 0.6 is 0 Å². The Labute approximate surface area is 147 Å². The lowest BCUT2D eigenvalue weighted by atomic mass is 9.60. The molecule has 2 rings (SSSR count). The van der Waals surface area contributed by atoms with Crippen molar-refractivity contribution < 1.29 is 14.6 Å². The molecule has 1 saturated heterocycles. The van der Waals surface area contributed by atoms with Gasteiger partial charge in [0, 0.05) is 7.11 Å². The average Bonchev–Trinajstić information content (AvgIpc) is 3.24. The molecule has 3 heteroatoms. The third-order valence-corrected chi connectivity index (χ3v) is 6.51. The summed E-state index contributed by atoms with van der Waals surface area (Å²) in [6.45, 7) is 16.8. The van der Waals surface area contributed by atoms with E-state index in [-0.39, 0.29) is 23.7 Å². The van der Waals surface area contributed by atoms with Crippen molar-refractivity contribution in [3.8, 4) is 0 Å². The van der Waals surface area contributed by atoms with Crippen molar-refractivity contribution in [1.29, 1.82) is 0 Å². The molecule has 0 bridgehead atoms. The molecule has 3 nitrogen and oxygen atoms in total. The number of aliphatic hydroxyl groups excluding tert-OH is 1. The van der Waals surface area contributed by atoms with Crippen molar-refractivity contribution in [2.45, 2.75) is 64.3 Å². The van der Waals surface area contributed by atoms with Gasteiger partial charge >= 0.3 is 0 Å². The summed E-state index contributed by atoms with van der Waals surface area (Å²) in [6.07, 6.45) is 9.56. The number of allylic oxidation sites excluding steroid dienone is 2. The Morgan fingerprint density at radius 3 is 2.62 bits per heavy atom. The standard InChI is InChI=1S/C21H34O3/c1-8-19(4)11-9-16(13-17(19)15(2)3)21(6)18(24-21)10-12-20(5,14-22)23-7/h8,10,12,16-18,22H,1-2,9,11,13-14H2,3-7H3/b12-10+/t16?,17?,18?,19-,20?,21-/m0/s1. The lowest BCUT2D eigenvalue weighted by Crippen LogP contribution is -2.38. The van der Waals surface area contributed by atoms with E-state index in [2.05, 4.69) is 46.1 Å². The summed E-state index contributed by atoms with van der Waals surface area (Å²) in [7, 11) is 1.61. The summed E-state index contributed by atoms with van der Waals surface area (Å²) in [5, 5.41) is 9.44. The fraction of sp³-hybridized carbons (Fsp3) is 0.714. The number of methoxy groups -OCH3 is 1. The monoisotopic (exact) mass is 334 g/mol. The Hall–Kier alpha value is -0.900. The maximum Gasteiger partial charge on any atom is 0.106 e. The van der Waals surface area contributed by atoms with E-state index in [1.807, 2.05) is 13.0 Å². The second-order valence-corrected chi connectivity index (χ2v) is 8.34. The molecule has 6 atom stereocenters. The molecule has 0 amide bonds. The van der Waals surface area contributed by atoms with Gasteiger partial charge in [0.25, 0.3) is 0 Å². The first-order valence-electron chi connectivity index (χ1n) is 8.96. The van der Waals surface area contributed by atoms with Crippen LogP contribution in [-0.2, 0) is 9.47 Å². The van der Waals surface area contributed by atoms with E-state index in [9.17, 15) is 5.11 Å². The zero-order chi connectivity index (χ0) is 18.2. The zero-order valence-corrected chi connectivity index (χ0v) is 16.0. The van der Waals surface area contributed by atoms with Crippen LogP contribution < -0.4 is 0 Å². The van der Waals surface area contributed by atoms with Gasteiger partial charge in [-0.3, -0.25) is 0 Å². The minimum atomic E-state index is -0.638. The zero-order valence-electron chi connectivity index (χ0n) is 16.0. The van der Waals surface area contributed by atoms with Crippen molar-refractivity contribution >= 4 is 0 Å². The van der Waals surface area contributed by atoms with Crippen molar-refractivity contribution in [1.82, 2.24) is 0 Å². The summed E-state index contributed by atoms with van der Waals surface area (Å²) in [5.74, 6) is 0.978. The molecule has 0 aromatic rings. The summed E-state index contributed by atoms with van der Waals surface area (Å²) < 4.78 is 11.4. The van der Waals surface area contributed by atoms with Crippen molar-refractivity contribution in [3.05, 3.63) is 37.0 Å². The Bertz CT molecular complexity index is 519. The molecule has 2 aliphatic rings. The van der Waals surface area contributed by atoms with E-state index in [1.54, 1.807) is 7.11 Å². The number of hydrogen-bond acceptors (Lipinski definition) is 3. The molecule has 24 heavy (non-hydrogen) atoms. The molecule has 4 unspecified atom stereocenters. The van der Waals surface area contributed by atoms with E-state index in [0.29, 0.717) is 11.8 Å². The number of ether oxygens (including phenoxy) is 2. The fourth-order valence-corrected chi connectivity index (χ4v) is 4.13. The summed E-state index contributed by atoms with van der Waals surface area (Å²) in [4.78, 5) is 0. The van der Waals surface area contributed by atoms with Crippen LogP contribution in [0.15, 0.2) is 37.0 Å². The van der Waals surface area contributed by atoms with Crippen molar-refractivity contribution in [3.63, 3.8) is 0 Å². The van der Waals surface area contributed by atoms with Gasteiger partial charge in [-0.2, -0.15) is 0 Å². The largest absolute Gasteiger partial charge is 0.393 e. The van der Waals surface area contributed by atoms with Gasteiger partial charge in [0.05, 0.1) is 12.2 Å². The molecule has 1 saturated carbocycles. The molecular weight excluding hydrogens is 300 g/mol. The second-order valence-electron chi connectivity index (χ2n) is 8.34. The van der Waals surface area contributed by atoms with Crippen LogP contribution in [0.4, 0.5) is 0 Å². The quantitative estimate of drug-likeness (QED) is 0.558. The summed E-state index contributed by atoms with van der Waals surface area (Å²) >= 11 is 0. The number of aliphatic hydroxyl groups is 1. The molecule has 0 spiro atoms. The van der Waals surface area contributed by atoms with Crippen LogP contribution in [0.1, 0.15) is 47.0 Å². The first-order valence-corrected chi connectivity index (χ1v) is 8.96. The van der Waals surface area contributed by atoms with Gasteiger partial charge in [0.15, 0.2) is 0 Å². The topological polar surface area (TPSA) is 42.0 Å². The van der Waals surface area contributed by atoms with Crippen LogP contribution in [0.25, 0.3) is 0 Å². The van der Waals surface area contributed by atoms with Gasteiger partial charge in [0.2, 0.25) is 0 Å². The minimum Gasteiger partial charge on any atom is -0.393 e. The molecule has 1 aliphatic heterocycles. The fourth-order valence-electron chi connectivity index (χ4n) is 4.13. The average molecular weight is 335 g/mol. The van der Waals surface area contributed by atoms with Gasteiger partial charge in [-0.15, -0.1) is 6.58 Å². The molecule has 1 N–H and O–H groups in total. The van der Waals surface area contributed by atoms with Crippen LogP contribution in [0.2, 0.25) is 0 Å². The van der Waals surface area contributed by atoms with E-state index >= 15 is 0 Å². The summed E-state index contributed by atoms with van der Waals surface area (Å²) in [6, 6.07) is 0. The van der Waals surface area contributed by atoms with E-state index in [4.69, 9.17) is 9.47 Å². The van der Waals surface area contributed by atoms with Crippen LogP contribution in [-0.4, -0.2) is 36.1 Å². The predicted molar refractivity (Wildman–Crippen MR) is 98.9 cm³/mol. The lowest BCUT2D eigenvalue weighted by Gasteiger charge is -2.44. The maximum absolute atomic E-state index is 9.44. The van der Waals surface area contributed by atoms with E-state index in [0.717, 1.165) is 19.3 Å². The van der Waals surface area contributed by atoms with Crippen LogP contribution in [0.3, 0.4) is 0 Å². The second kappa shape index (κ2) is 6.78. The first-order chi connectivity index (χ1) is 11.1. The highest BCUT2D eigenvalue weighted by molar-refractivity contribution is 5.20. The Morgan fingerprint density at radius 2 is 2.12 bits per heavy atom. The Kier molecular flexibility index (Phi) is 5.49. The molecule has 1 heterocycles. The minimum absolute atomic E-state index is 0.0394. The van der Waals surface area contributed by atoms with Crippen LogP contribution in [0.5, 0.6) is 0 Å². The predicted octanol–water partition coefficient (Wildman–Crippen LogP) is 4.28. The third kappa shape index (κ3) is 3.54.